The standard InChI is InChI=1S/C15H27N3O/c19-15(14-4-3-7-16-14)18-10-5-13(6-11-18)12-17-8-1-2-9-17/h13-14,16H,1-12H2/t14-/m1/s1. The van der Waals surface area contributed by atoms with Crippen molar-refractivity contribution in [1.29, 1.82) is 0 Å². The normalized spacial score (nSPS) is 30.1. The molecule has 0 aliphatic carbocycles. The molecule has 4 heteroatoms. The summed E-state index contributed by atoms with van der Waals surface area (Å²) in [6, 6.07) is 0.120. The minimum Gasteiger partial charge on any atom is -0.341 e. The molecule has 3 rings (SSSR count). The minimum absolute atomic E-state index is 0.120. The number of hydrogen-bond donors (Lipinski definition) is 1. The number of carbonyl (C=O) groups is 1. The summed E-state index contributed by atoms with van der Waals surface area (Å²) in [7, 11) is 0. The Balaban J connectivity index is 1.42. The van der Waals surface area contributed by atoms with E-state index in [-0.39, 0.29) is 6.04 Å². The Morgan fingerprint density at radius 1 is 1.00 bits per heavy atom. The molecule has 1 amide bonds. The van der Waals surface area contributed by atoms with Gasteiger partial charge in [-0.05, 0) is 64.1 Å². The molecule has 0 aromatic carbocycles. The second-order valence-corrected chi connectivity index (χ2v) is 6.43. The highest BCUT2D eigenvalue weighted by atomic mass is 16.2. The van der Waals surface area contributed by atoms with Crippen molar-refractivity contribution in [1.82, 2.24) is 15.1 Å². The zero-order valence-electron chi connectivity index (χ0n) is 11.9. The number of amides is 1. The molecular formula is C15H27N3O. The maximum Gasteiger partial charge on any atom is 0.239 e. The van der Waals surface area contributed by atoms with Gasteiger partial charge in [0.2, 0.25) is 5.91 Å². The van der Waals surface area contributed by atoms with E-state index in [2.05, 4.69) is 15.1 Å². The van der Waals surface area contributed by atoms with Gasteiger partial charge >= 0.3 is 0 Å². The van der Waals surface area contributed by atoms with Gasteiger partial charge in [0.05, 0.1) is 6.04 Å². The zero-order valence-corrected chi connectivity index (χ0v) is 11.9. The van der Waals surface area contributed by atoms with Crippen molar-refractivity contribution >= 4 is 5.91 Å². The summed E-state index contributed by atoms with van der Waals surface area (Å²) in [6.07, 6.45) is 7.35. The largest absolute Gasteiger partial charge is 0.341 e. The first-order valence-electron chi connectivity index (χ1n) is 8.07. The molecule has 4 nitrogen and oxygen atoms in total. The van der Waals surface area contributed by atoms with Gasteiger partial charge in [-0.2, -0.15) is 0 Å². The summed E-state index contributed by atoms with van der Waals surface area (Å²) in [5.41, 5.74) is 0. The Bertz CT molecular complexity index is 301. The Hall–Kier alpha value is -0.610. The molecule has 0 aromatic heterocycles. The lowest BCUT2D eigenvalue weighted by Crippen LogP contribution is -2.48. The van der Waals surface area contributed by atoms with Crippen LogP contribution in [0.25, 0.3) is 0 Å². The second kappa shape index (κ2) is 6.23. The number of nitrogens with zero attached hydrogens (tertiary/aromatic N) is 2. The fraction of sp³-hybridized carbons (Fsp3) is 0.933. The third-order valence-electron chi connectivity index (χ3n) is 5.00. The van der Waals surface area contributed by atoms with E-state index in [9.17, 15) is 4.79 Å². The summed E-state index contributed by atoms with van der Waals surface area (Å²) >= 11 is 0. The van der Waals surface area contributed by atoms with Gasteiger partial charge in [-0.1, -0.05) is 0 Å². The van der Waals surface area contributed by atoms with Gasteiger partial charge in [0.15, 0.2) is 0 Å². The van der Waals surface area contributed by atoms with Crippen LogP contribution in [0.15, 0.2) is 0 Å². The number of likely N-dealkylation sites (tertiary alicyclic amines) is 2. The molecule has 3 saturated heterocycles. The van der Waals surface area contributed by atoms with E-state index in [1.54, 1.807) is 0 Å². The number of nitrogens with one attached hydrogen (secondary N) is 1. The van der Waals surface area contributed by atoms with Crippen molar-refractivity contribution in [2.45, 2.75) is 44.6 Å². The van der Waals surface area contributed by atoms with Crippen molar-refractivity contribution in [2.24, 2.45) is 5.92 Å². The van der Waals surface area contributed by atoms with E-state index in [1.807, 2.05) is 0 Å². The van der Waals surface area contributed by atoms with Crippen LogP contribution in [0, 0.1) is 5.92 Å². The summed E-state index contributed by atoms with van der Waals surface area (Å²) in [4.78, 5) is 17.0. The van der Waals surface area contributed by atoms with E-state index in [0.717, 1.165) is 38.4 Å². The van der Waals surface area contributed by atoms with Crippen molar-refractivity contribution in [3.63, 3.8) is 0 Å². The van der Waals surface area contributed by atoms with Gasteiger partial charge in [0.25, 0.3) is 0 Å². The van der Waals surface area contributed by atoms with Crippen LogP contribution < -0.4 is 5.32 Å². The predicted molar refractivity (Wildman–Crippen MR) is 76.0 cm³/mol. The number of hydrogen-bond acceptors (Lipinski definition) is 3. The van der Waals surface area contributed by atoms with Crippen molar-refractivity contribution in [3.05, 3.63) is 0 Å². The first kappa shape index (κ1) is 13.4. The maximum atomic E-state index is 12.3. The summed E-state index contributed by atoms with van der Waals surface area (Å²) in [5.74, 6) is 1.18. The van der Waals surface area contributed by atoms with Crippen LogP contribution in [0.2, 0.25) is 0 Å². The topological polar surface area (TPSA) is 35.6 Å². The van der Waals surface area contributed by atoms with Crippen LogP contribution in [0.5, 0.6) is 0 Å². The lowest BCUT2D eigenvalue weighted by atomic mass is 9.95. The van der Waals surface area contributed by atoms with Gasteiger partial charge in [0.1, 0.15) is 0 Å². The predicted octanol–water partition coefficient (Wildman–Crippen LogP) is 1.07. The van der Waals surface area contributed by atoms with Crippen LogP contribution in [0.1, 0.15) is 38.5 Å². The van der Waals surface area contributed by atoms with E-state index < -0.39 is 0 Å². The Morgan fingerprint density at radius 2 is 1.74 bits per heavy atom. The molecule has 1 atom stereocenters. The molecule has 0 radical (unpaired) electrons. The highest BCUT2D eigenvalue weighted by Crippen LogP contribution is 2.22. The average Bonchev–Trinajstić information content (AvgIpc) is 3.12. The number of carbonyl (C=O) groups excluding carboxylic acids is 1. The Morgan fingerprint density at radius 3 is 2.37 bits per heavy atom. The molecule has 19 heavy (non-hydrogen) atoms. The molecule has 0 bridgehead atoms. The first-order chi connectivity index (χ1) is 9.33. The fourth-order valence-corrected chi connectivity index (χ4v) is 3.78. The molecular weight excluding hydrogens is 238 g/mol. The van der Waals surface area contributed by atoms with Gasteiger partial charge in [-0.15, -0.1) is 0 Å². The van der Waals surface area contributed by atoms with E-state index >= 15 is 0 Å². The van der Waals surface area contributed by atoms with Crippen LogP contribution >= 0.6 is 0 Å². The molecule has 3 aliphatic heterocycles. The highest BCUT2D eigenvalue weighted by Gasteiger charge is 2.30. The van der Waals surface area contributed by atoms with Crippen LogP contribution in [0.4, 0.5) is 0 Å². The lowest BCUT2D eigenvalue weighted by Gasteiger charge is -2.35. The third kappa shape index (κ3) is 3.29. The van der Waals surface area contributed by atoms with Crippen molar-refractivity contribution in [2.75, 3.05) is 39.3 Å². The molecule has 3 heterocycles. The van der Waals surface area contributed by atoms with Crippen molar-refractivity contribution < 1.29 is 4.79 Å². The van der Waals surface area contributed by atoms with Crippen LogP contribution in [-0.4, -0.2) is 61.0 Å². The smallest absolute Gasteiger partial charge is 0.239 e. The quantitative estimate of drug-likeness (QED) is 0.829. The van der Waals surface area contributed by atoms with Gasteiger partial charge in [-0.25, -0.2) is 0 Å². The Labute approximate surface area is 116 Å². The first-order valence-corrected chi connectivity index (χ1v) is 8.07. The monoisotopic (exact) mass is 265 g/mol. The second-order valence-electron chi connectivity index (χ2n) is 6.43. The molecule has 108 valence electrons. The average molecular weight is 265 g/mol. The van der Waals surface area contributed by atoms with Crippen LogP contribution in [0.3, 0.4) is 0 Å². The molecule has 0 aromatic rings. The lowest BCUT2D eigenvalue weighted by molar-refractivity contribution is -0.134. The summed E-state index contributed by atoms with van der Waals surface area (Å²) < 4.78 is 0. The number of piperidine rings is 1. The van der Waals surface area contributed by atoms with Gasteiger partial charge < -0.3 is 15.1 Å². The minimum atomic E-state index is 0.120. The van der Waals surface area contributed by atoms with Gasteiger partial charge in [0, 0.05) is 19.6 Å². The molecule has 1 N–H and O–H groups in total. The van der Waals surface area contributed by atoms with Crippen LogP contribution in [-0.2, 0) is 4.79 Å². The Kier molecular flexibility index (Phi) is 4.38. The SMILES string of the molecule is O=C([C@H]1CCCN1)N1CCC(CN2CCCC2)CC1. The summed E-state index contributed by atoms with van der Waals surface area (Å²) in [5, 5.41) is 3.32. The maximum absolute atomic E-state index is 12.3. The molecule has 3 fully saturated rings. The molecule has 0 spiro atoms. The molecule has 0 unspecified atom stereocenters. The molecule has 3 aliphatic rings. The van der Waals surface area contributed by atoms with E-state index in [1.165, 1.54) is 45.3 Å². The van der Waals surface area contributed by atoms with Crippen molar-refractivity contribution in [3.8, 4) is 0 Å². The summed E-state index contributed by atoms with van der Waals surface area (Å²) in [6.45, 7) is 6.84. The highest BCUT2D eigenvalue weighted by molar-refractivity contribution is 5.82. The van der Waals surface area contributed by atoms with E-state index in [4.69, 9.17) is 0 Å². The number of rotatable bonds is 3. The molecule has 0 saturated carbocycles. The third-order valence-corrected chi connectivity index (χ3v) is 5.00. The van der Waals surface area contributed by atoms with Gasteiger partial charge in [-0.3, -0.25) is 4.79 Å². The fourth-order valence-electron chi connectivity index (χ4n) is 3.78. The zero-order chi connectivity index (χ0) is 13.1. The van der Waals surface area contributed by atoms with E-state index in [0.29, 0.717) is 5.91 Å².